The van der Waals surface area contributed by atoms with Gasteiger partial charge >= 0.3 is 0 Å². The maximum atomic E-state index is 13.2. The average Bonchev–Trinajstić information content (AvgIpc) is 2.62. The second kappa shape index (κ2) is 8.32. The van der Waals surface area contributed by atoms with Crippen molar-refractivity contribution in [2.75, 3.05) is 13.1 Å². The standard InChI is InChI=1S/C20H20ClFN2O2/c21-16-5-1-3-14(13-16)4-2-6-18(25)24-12-11-23-20(26)19(24)15-7-9-17(22)10-8-15/h1,3,5,7-10,13,19H,2,4,6,11-12H2,(H,23,26). The third-order valence-corrected chi connectivity index (χ3v) is 4.70. The first-order valence-corrected chi connectivity index (χ1v) is 8.99. The maximum absolute atomic E-state index is 13.2. The summed E-state index contributed by atoms with van der Waals surface area (Å²) in [6.45, 7) is 0.875. The molecule has 0 radical (unpaired) electrons. The van der Waals surface area contributed by atoms with E-state index in [-0.39, 0.29) is 17.6 Å². The van der Waals surface area contributed by atoms with E-state index in [1.54, 1.807) is 17.0 Å². The summed E-state index contributed by atoms with van der Waals surface area (Å²) in [7, 11) is 0. The van der Waals surface area contributed by atoms with Crippen molar-refractivity contribution in [2.24, 2.45) is 0 Å². The number of amides is 2. The number of nitrogens with zero attached hydrogens (tertiary/aromatic N) is 1. The van der Waals surface area contributed by atoms with Crippen LogP contribution in [0.25, 0.3) is 0 Å². The maximum Gasteiger partial charge on any atom is 0.247 e. The van der Waals surface area contributed by atoms with Gasteiger partial charge in [-0.15, -0.1) is 0 Å². The molecule has 26 heavy (non-hydrogen) atoms. The summed E-state index contributed by atoms with van der Waals surface area (Å²) in [5.74, 6) is -0.674. The molecule has 4 nitrogen and oxygen atoms in total. The molecule has 0 saturated carbocycles. The highest BCUT2D eigenvalue weighted by atomic mass is 35.5. The SMILES string of the molecule is O=C1NCCN(C(=O)CCCc2cccc(Cl)c2)C1c1ccc(F)cc1. The van der Waals surface area contributed by atoms with E-state index in [0.29, 0.717) is 36.5 Å². The van der Waals surface area contributed by atoms with Crippen LogP contribution < -0.4 is 5.32 Å². The van der Waals surface area contributed by atoms with E-state index in [1.165, 1.54) is 12.1 Å². The lowest BCUT2D eigenvalue weighted by Crippen LogP contribution is -2.52. The van der Waals surface area contributed by atoms with Crippen molar-refractivity contribution in [1.82, 2.24) is 10.2 Å². The summed E-state index contributed by atoms with van der Waals surface area (Å²) in [4.78, 5) is 26.6. The third kappa shape index (κ3) is 4.41. The Morgan fingerprint density at radius 1 is 1.23 bits per heavy atom. The molecule has 0 bridgehead atoms. The quantitative estimate of drug-likeness (QED) is 0.870. The van der Waals surface area contributed by atoms with Crippen LogP contribution in [0.2, 0.25) is 5.02 Å². The first-order chi connectivity index (χ1) is 12.5. The zero-order valence-corrected chi connectivity index (χ0v) is 15.0. The molecule has 1 fully saturated rings. The summed E-state index contributed by atoms with van der Waals surface area (Å²) in [6.07, 6.45) is 1.76. The molecule has 2 amide bonds. The van der Waals surface area contributed by atoms with Crippen LogP contribution in [-0.2, 0) is 16.0 Å². The molecule has 0 aromatic heterocycles. The Labute approximate surface area is 157 Å². The van der Waals surface area contributed by atoms with Crippen LogP contribution in [0, 0.1) is 5.82 Å². The van der Waals surface area contributed by atoms with Gasteiger partial charge in [0.25, 0.3) is 0 Å². The van der Waals surface area contributed by atoms with E-state index in [1.807, 2.05) is 24.3 Å². The molecule has 0 spiro atoms. The number of nitrogens with one attached hydrogen (secondary N) is 1. The molecular weight excluding hydrogens is 355 g/mol. The first kappa shape index (κ1) is 18.4. The number of piperazine rings is 1. The lowest BCUT2D eigenvalue weighted by atomic mass is 10.0. The molecule has 1 heterocycles. The molecule has 1 aliphatic rings. The van der Waals surface area contributed by atoms with Crippen LogP contribution in [-0.4, -0.2) is 29.8 Å². The third-order valence-electron chi connectivity index (χ3n) is 4.46. The summed E-state index contributed by atoms with van der Waals surface area (Å²) in [5.41, 5.74) is 1.70. The van der Waals surface area contributed by atoms with Gasteiger partial charge in [0, 0.05) is 24.5 Å². The van der Waals surface area contributed by atoms with Crippen LogP contribution in [0.5, 0.6) is 0 Å². The summed E-state index contributed by atoms with van der Waals surface area (Å²) in [5, 5.41) is 3.46. The van der Waals surface area contributed by atoms with Crippen molar-refractivity contribution >= 4 is 23.4 Å². The fourth-order valence-corrected chi connectivity index (χ4v) is 3.40. The minimum Gasteiger partial charge on any atom is -0.352 e. The van der Waals surface area contributed by atoms with Crippen molar-refractivity contribution < 1.29 is 14.0 Å². The zero-order valence-electron chi connectivity index (χ0n) is 14.3. The molecule has 2 aromatic rings. The molecule has 136 valence electrons. The fourth-order valence-electron chi connectivity index (χ4n) is 3.19. The smallest absolute Gasteiger partial charge is 0.247 e. The van der Waals surface area contributed by atoms with Gasteiger partial charge in [0.15, 0.2) is 0 Å². The lowest BCUT2D eigenvalue weighted by molar-refractivity contribution is -0.143. The van der Waals surface area contributed by atoms with Gasteiger partial charge in [-0.3, -0.25) is 9.59 Å². The predicted molar refractivity (Wildman–Crippen MR) is 98.3 cm³/mol. The van der Waals surface area contributed by atoms with Crippen LogP contribution in [0.15, 0.2) is 48.5 Å². The van der Waals surface area contributed by atoms with Crippen LogP contribution >= 0.6 is 11.6 Å². The molecule has 1 aliphatic heterocycles. The number of hydrogen-bond acceptors (Lipinski definition) is 2. The van der Waals surface area contributed by atoms with E-state index in [2.05, 4.69) is 5.32 Å². The Morgan fingerprint density at radius 2 is 2.00 bits per heavy atom. The number of carbonyl (C=O) groups excluding carboxylic acids is 2. The molecule has 2 aromatic carbocycles. The highest BCUT2D eigenvalue weighted by molar-refractivity contribution is 6.30. The van der Waals surface area contributed by atoms with Gasteiger partial charge in [-0.05, 0) is 48.2 Å². The van der Waals surface area contributed by atoms with Crippen molar-refractivity contribution in [3.05, 3.63) is 70.5 Å². The van der Waals surface area contributed by atoms with E-state index < -0.39 is 6.04 Å². The number of aryl methyl sites for hydroxylation is 1. The summed E-state index contributed by atoms with van der Waals surface area (Å²) < 4.78 is 13.2. The van der Waals surface area contributed by atoms with Crippen LogP contribution in [0.1, 0.15) is 30.0 Å². The van der Waals surface area contributed by atoms with Crippen molar-refractivity contribution in [1.29, 1.82) is 0 Å². The Kier molecular flexibility index (Phi) is 5.89. The Balaban J connectivity index is 1.65. The molecule has 1 unspecified atom stereocenters. The van der Waals surface area contributed by atoms with Crippen molar-refractivity contribution in [3.63, 3.8) is 0 Å². The van der Waals surface area contributed by atoms with E-state index in [4.69, 9.17) is 11.6 Å². The van der Waals surface area contributed by atoms with Gasteiger partial charge in [0.1, 0.15) is 11.9 Å². The largest absolute Gasteiger partial charge is 0.352 e. The van der Waals surface area contributed by atoms with E-state index in [9.17, 15) is 14.0 Å². The molecule has 1 atom stereocenters. The molecule has 3 rings (SSSR count). The zero-order chi connectivity index (χ0) is 18.5. The number of benzene rings is 2. The minimum atomic E-state index is -0.706. The number of halogens is 2. The average molecular weight is 375 g/mol. The molecule has 1 saturated heterocycles. The predicted octanol–water partition coefficient (Wildman–Crippen LogP) is 3.50. The number of rotatable bonds is 5. The normalized spacial score (nSPS) is 17.1. The van der Waals surface area contributed by atoms with E-state index in [0.717, 1.165) is 12.0 Å². The topological polar surface area (TPSA) is 49.4 Å². The monoisotopic (exact) mass is 374 g/mol. The highest BCUT2D eigenvalue weighted by Gasteiger charge is 2.33. The molecule has 6 heteroatoms. The Morgan fingerprint density at radius 3 is 2.73 bits per heavy atom. The van der Waals surface area contributed by atoms with Crippen LogP contribution in [0.3, 0.4) is 0 Å². The first-order valence-electron chi connectivity index (χ1n) is 8.61. The van der Waals surface area contributed by atoms with Gasteiger partial charge in [0.05, 0.1) is 0 Å². The fraction of sp³-hybridized carbons (Fsp3) is 0.300. The van der Waals surface area contributed by atoms with Crippen molar-refractivity contribution in [3.8, 4) is 0 Å². The van der Waals surface area contributed by atoms with E-state index >= 15 is 0 Å². The molecule has 1 N–H and O–H groups in total. The second-order valence-corrected chi connectivity index (χ2v) is 6.75. The lowest BCUT2D eigenvalue weighted by Gasteiger charge is -2.35. The summed E-state index contributed by atoms with van der Waals surface area (Å²) in [6, 6.07) is 12.6. The van der Waals surface area contributed by atoms with Crippen molar-refractivity contribution in [2.45, 2.75) is 25.3 Å². The molecule has 0 aliphatic carbocycles. The Hall–Kier alpha value is -2.40. The van der Waals surface area contributed by atoms with Gasteiger partial charge in [-0.1, -0.05) is 35.9 Å². The van der Waals surface area contributed by atoms with Crippen LogP contribution in [0.4, 0.5) is 4.39 Å². The number of carbonyl (C=O) groups is 2. The highest BCUT2D eigenvalue weighted by Crippen LogP contribution is 2.25. The van der Waals surface area contributed by atoms with Gasteiger partial charge in [0.2, 0.25) is 11.8 Å². The number of hydrogen-bond donors (Lipinski definition) is 1. The summed E-state index contributed by atoms with van der Waals surface area (Å²) >= 11 is 5.98. The second-order valence-electron chi connectivity index (χ2n) is 6.32. The minimum absolute atomic E-state index is 0.0730. The molecular formula is C20H20ClFN2O2. The Bertz CT molecular complexity index is 795. The van der Waals surface area contributed by atoms with Gasteiger partial charge < -0.3 is 10.2 Å². The van der Waals surface area contributed by atoms with Gasteiger partial charge in [-0.2, -0.15) is 0 Å². The van der Waals surface area contributed by atoms with Gasteiger partial charge in [-0.25, -0.2) is 4.39 Å².